The number of carbonyl (C=O) groups is 1. The van der Waals surface area contributed by atoms with Crippen molar-refractivity contribution in [1.82, 2.24) is 4.90 Å². The van der Waals surface area contributed by atoms with Gasteiger partial charge >= 0.3 is 0 Å². The smallest absolute Gasteiger partial charge is 0.242 e. The third-order valence-electron chi connectivity index (χ3n) is 4.43. The molecule has 0 bridgehead atoms. The van der Waals surface area contributed by atoms with Crippen molar-refractivity contribution in [3.8, 4) is 0 Å². The van der Waals surface area contributed by atoms with Gasteiger partial charge in [0.2, 0.25) is 5.91 Å². The summed E-state index contributed by atoms with van der Waals surface area (Å²) in [5.74, 6) is 0.0552. The molecule has 0 aliphatic heterocycles. The highest BCUT2D eigenvalue weighted by molar-refractivity contribution is 6.30. The summed E-state index contributed by atoms with van der Waals surface area (Å²) in [6, 6.07) is 7.62. The highest BCUT2D eigenvalue weighted by Crippen LogP contribution is 2.30. The largest absolute Gasteiger partial charge is 0.337 e. The van der Waals surface area contributed by atoms with Crippen molar-refractivity contribution in [1.29, 1.82) is 0 Å². The number of nitrogens with zero attached hydrogens (tertiary/aromatic N) is 1. The van der Waals surface area contributed by atoms with Crippen LogP contribution in [0.1, 0.15) is 50.6 Å². The summed E-state index contributed by atoms with van der Waals surface area (Å²) in [6.45, 7) is 2.02. The van der Waals surface area contributed by atoms with Gasteiger partial charge in [-0.15, -0.1) is 0 Å². The maximum atomic E-state index is 12.7. The summed E-state index contributed by atoms with van der Waals surface area (Å²) in [4.78, 5) is 14.4. The van der Waals surface area contributed by atoms with E-state index in [1.807, 2.05) is 38.2 Å². The van der Waals surface area contributed by atoms with Crippen LogP contribution >= 0.6 is 11.6 Å². The molecule has 1 aliphatic rings. The number of rotatable bonds is 3. The van der Waals surface area contributed by atoms with Crippen molar-refractivity contribution in [2.75, 3.05) is 7.05 Å². The standard InChI is InChI=1S/C16H23ClN2O/c1-12(13-6-8-14(17)9-7-13)19(2)15(20)16(18)10-4-3-5-11-16/h6-9,12H,3-5,10-11,18H2,1-2H3. The Morgan fingerprint density at radius 1 is 1.25 bits per heavy atom. The zero-order valence-electron chi connectivity index (χ0n) is 12.2. The minimum absolute atomic E-state index is 0.00196. The fourth-order valence-corrected chi connectivity index (χ4v) is 3.01. The van der Waals surface area contributed by atoms with Gasteiger partial charge in [-0.2, -0.15) is 0 Å². The van der Waals surface area contributed by atoms with Gasteiger partial charge in [0, 0.05) is 12.1 Å². The first-order valence-electron chi connectivity index (χ1n) is 7.26. The van der Waals surface area contributed by atoms with E-state index in [-0.39, 0.29) is 11.9 Å². The van der Waals surface area contributed by atoms with Crippen molar-refractivity contribution in [2.24, 2.45) is 5.73 Å². The first kappa shape index (κ1) is 15.3. The number of carbonyl (C=O) groups excluding carboxylic acids is 1. The number of nitrogens with two attached hydrogens (primary N) is 1. The van der Waals surface area contributed by atoms with Crippen LogP contribution in [0.25, 0.3) is 0 Å². The molecule has 1 amide bonds. The van der Waals surface area contributed by atoms with Crippen molar-refractivity contribution in [2.45, 2.75) is 50.6 Å². The van der Waals surface area contributed by atoms with E-state index in [4.69, 9.17) is 17.3 Å². The second-order valence-electron chi connectivity index (χ2n) is 5.86. The predicted molar refractivity (Wildman–Crippen MR) is 82.6 cm³/mol. The first-order chi connectivity index (χ1) is 9.44. The molecule has 0 radical (unpaired) electrons. The summed E-state index contributed by atoms with van der Waals surface area (Å²) in [7, 11) is 1.84. The third-order valence-corrected chi connectivity index (χ3v) is 4.68. The molecule has 2 N–H and O–H groups in total. The highest BCUT2D eigenvalue weighted by Gasteiger charge is 2.38. The molecule has 3 nitrogen and oxygen atoms in total. The van der Waals surface area contributed by atoms with Crippen LogP contribution in [0.3, 0.4) is 0 Å². The molecule has 1 unspecified atom stereocenters. The zero-order chi connectivity index (χ0) is 14.8. The maximum absolute atomic E-state index is 12.7. The summed E-state index contributed by atoms with van der Waals surface area (Å²) < 4.78 is 0. The number of halogens is 1. The second-order valence-corrected chi connectivity index (χ2v) is 6.30. The number of likely N-dealkylation sites (N-methyl/N-ethyl adjacent to an activating group) is 1. The van der Waals surface area contributed by atoms with Crippen LogP contribution in [0.2, 0.25) is 5.02 Å². The average molecular weight is 295 g/mol. The Labute approximate surface area is 126 Å². The molecule has 0 spiro atoms. The normalized spacial score (nSPS) is 19.4. The topological polar surface area (TPSA) is 46.3 Å². The van der Waals surface area contributed by atoms with Gasteiger partial charge in [0.05, 0.1) is 11.6 Å². The third kappa shape index (κ3) is 3.15. The van der Waals surface area contributed by atoms with Gasteiger partial charge < -0.3 is 10.6 Å². The van der Waals surface area contributed by atoms with Gasteiger partial charge in [-0.25, -0.2) is 0 Å². The number of hydrogen-bond acceptors (Lipinski definition) is 2. The summed E-state index contributed by atoms with van der Waals surface area (Å²) in [6.07, 6.45) is 4.87. The van der Waals surface area contributed by atoms with Gasteiger partial charge in [-0.1, -0.05) is 43.0 Å². The lowest BCUT2D eigenvalue weighted by Crippen LogP contribution is -2.55. The lowest BCUT2D eigenvalue weighted by molar-refractivity contribution is -0.138. The molecular weight excluding hydrogens is 272 g/mol. The summed E-state index contributed by atoms with van der Waals surface area (Å²) in [5, 5.41) is 0.706. The molecule has 20 heavy (non-hydrogen) atoms. The lowest BCUT2D eigenvalue weighted by atomic mass is 9.81. The summed E-state index contributed by atoms with van der Waals surface area (Å²) >= 11 is 5.90. The molecule has 0 heterocycles. The van der Waals surface area contributed by atoms with Crippen molar-refractivity contribution in [3.05, 3.63) is 34.9 Å². The minimum Gasteiger partial charge on any atom is -0.337 e. The van der Waals surface area contributed by atoms with Crippen LogP contribution < -0.4 is 5.73 Å². The maximum Gasteiger partial charge on any atom is 0.242 e. The molecule has 1 aromatic rings. The van der Waals surface area contributed by atoms with Gasteiger partial charge in [-0.05, 0) is 37.5 Å². The molecule has 1 aliphatic carbocycles. The molecule has 0 saturated heterocycles. The lowest BCUT2D eigenvalue weighted by Gasteiger charge is -2.37. The highest BCUT2D eigenvalue weighted by atomic mass is 35.5. The number of hydrogen-bond donors (Lipinski definition) is 1. The van der Waals surface area contributed by atoms with Crippen molar-refractivity contribution < 1.29 is 4.79 Å². The van der Waals surface area contributed by atoms with Crippen LogP contribution in [0, 0.1) is 0 Å². The van der Waals surface area contributed by atoms with Crippen LogP contribution in [0.15, 0.2) is 24.3 Å². The van der Waals surface area contributed by atoms with E-state index >= 15 is 0 Å². The molecule has 1 saturated carbocycles. The molecule has 110 valence electrons. The van der Waals surface area contributed by atoms with E-state index in [9.17, 15) is 4.79 Å². The van der Waals surface area contributed by atoms with Crippen molar-refractivity contribution >= 4 is 17.5 Å². The van der Waals surface area contributed by atoms with Gasteiger partial charge in [0.1, 0.15) is 0 Å². The van der Waals surface area contributed by atoms with Crippen LogP contribution in [0.4, 0.5) is 0 Å². The molecule has 0 aromatic heterocycles. The van der Waals surface area contributed by atoms with E-state index in [1.54, 1.807) is 4.90 Å². The SMILES string of the molecule is CC(c1ccc(Cl)cc1)N(C)C(=O)C1(N)CCCCC1. The van der Waals surface area contributed by atoms with E-state index in [2.05, 4.69) is 0 Å². The molecule has 1 aromatic carbocycles. The van der Waals surface area contributed by atoms with E-state index in [1.165, 1.54) is 6.42 Å². The van der Waals surface area contributed by atoms with E-state index < -0.39 is 5.54 Å². The number of benzene rings is 1. The Hall–Kier alpha value is -1.06. The van der Waals surface area contributed by atoms with E-state index in [0.29, 0.717) is 5.02 Å². The molecular formula is C16H23ClN2O. The monoisotopic (exact) mass is 294 g/mol. The van der Waals surface area contributed by atoms with Crippen LogP contribution in [0.5, 0.6) is 0 Å². The zero-order valence-corrected chi connectivity index (χ0v) is 13.0. The van der Waals surface area contributed by atoms with Gasteiger partial charge in [-0.3, -0.25) is 4.79 Å². The van der Waals surface area contributed by atoms with Crippen molar-refractivity contribution in [3.63, 3.8) is 0 Å². The molecule has 2 rings (SSSR count). The van der Waals surface area contributed by atoms with Crippen LogP contribution in [-0.4, -0.2) is 23.4 Å². The van der Waals surface area contributed by atoms with Gasteiger partial charge in [0.25, 0.3) is 0 Å². The molecule has 4 heteroatoms. The predicted octanol–water partition coefficient (Wildman–Crippen LogP) is 3.52. The Morgan fingerprint density at radius 3 is 2.35 bits per heavy atom. The first-order valence-corrected chi connectivity index (χ1v) is 7.63. The van der Waals surface area contributed by atoms with Crippen LogP contribution in [-0.2, 0) is 4.79 Å². The fraction of sp³-hybridized carbons (Fsp3) is 0.562. The Bertz CT molecular complexity index is 466. The molecule has 1 fully saturated rings. The quantitative estimate of drug-likeness (QED) is 0.927. The van der Waals surface area contributed by atoms with Gasteiger partial charge in [0.15, 0.2) is 0 Å². The number of amides is 1. The minimum atomic E-state index is -0.673. The fourth-order valence-electron chi connectivity index (χ4n) is 2.89. The van der Waals surface area contributed by atoms with E-state index in [0.717, 1.165) is 31.2 Å². The Morgan fingerprint density at radius 2 is 1.80 bits per heavy atom. The summed E-state index contributed by atoms with van der Waals surface area (Å²) in [5.41, 5.74) is 6.73. The molecule has 1 atom stereocenters. The second kappa shape index (κ2) is 6.15. The Balaban J connectivity index is 2.11. The average Bonchev–Trinajstić information content (AvgIpc) is 2.46. The Kier molecular flexibility index (Phi) is 4.71.